The quantitative estimate of drug-likeness (QED) is 0.639. The van der Waals surface area contributed by atoms with Crippen LogP contribution in [0.2, 0.25) is 5.02 Å². The number of aromatic nitrogens is 2. The topological polar surface area (TPSA) is 34.4 Å². The van der Waals surface area contributed by atoms with Gasteiger partial charge in [-0.05, 0) is 19.1 Å². The molecule has 0 N–H and O–H groups in total. The van der Waals surface area contributed by atoms with Gasteiger partial charge in [-0.1, -0.05) is 11.6 Å². The van der Waals surface area contributed by atoms with Crippen LogP contribution in [-0.2, 0) is 0 Å². The molecule has 0 atom stereocenters. The van der Waals surface area contributed by atoms with E-state index in [1.54, 1.807) is 29.7 Å². The molecule has 4 heteroatoms. The first kappa shape index (κ1) is 8.26. The van der Waals surface area contributed by atoms with Crippen LogP contribution in [0.4, 0.5) is 0 Å². The van der Waals surface area contributed by atoms with Gasteiger partial charge in [-0.25, -0.2) is 0 Å². The van der Waals surface area contributed by atoms with Crippen molar-refractivity contribution in [3.63, 3.8) is 0 Å². The van der Waals surface area contributed by atoms with E-state index in [1.165, 1.54) is 6.33 Å². The molecule has 2 rings (SSSR count). The first-order valence-corrected chi connectivity index (χ1v) is 4.20. The standard InChI is InChI=1S/C9H7ClN2O/c1-6-8-7(10)3-2-4-12(8)5-11-9(6)13/h2-5H,1H3. The van der Waals surface area contributed by atoms with Gasteiger partial charge >= 0.3 is 0 Å². The van der Waals surface area contributed by atoms with Gasteiger partial charge in [0.05, 0.1) is 10.5 Å². The molecule has 2 heterocycles. The molecule has 0 unspecified atom stereocenters. The summed E-state index contributed by atoms with van der Waals surface area (Å²) in [5.41, 5.74) is 1.07. The minimum Gasteiger partial charge on any atom is -0.306 e. The molecular weight excluding hydrogens is 188 g/mol. The van der Waals surface area contributed by atoms with E-state index in [0.717, 1.165) is 5.52 Å². The molecule has 13 heavy (non-hydrogen) atoms. The minimum absolute atomic E-state index is 0.229. The van der Waals surface area contributed by atoms with Crippen LogP contribution in [0.15, 0.2) is 29.5 Å². The molecule has 0 spiro atoms. The van der Waals surface area contributed by atoms with Crippen molar-refractivity contribution >= 4 is 17.1 Å². The fourth-order valence-corrected chi connectivity index (χ4v) is 1.59. The Labute approximate surface area is 79.6 Å². The fourth-order valence-electron chi connectivity index (χ4n) is 1.28. The Morgan fingerprint density at radius 3 is 3.08 bits per heavy atom. The summed E-state index contributed by atoms with van der Waals surface area (Å²) in [4.78, 5) is 14.9. The van der Waals surface area contributed by atoms with Crippen molar-refractivity contribution in [3.8, 4) is 0 Å². The highest BCUT2D eigenvalue weighted by atomic mass is 35.5. The molecule has 0 saturated heterocycles. The van der Waals surface area contributed by atoms with Gasteiger partial charge in [-0.3, -0.25) is 4.79 Å². The van der Waals surface area contributed by atoms with Crippen molar-refractivity contribution in [1.82, 2.24) is 9.38 Å². The van der Waals surface area contributed by atoms with Crippen LogP contribution in [0, 0.1) is 6.92 Å². The molecule has 0 amide bonds. The summed E-state index contributed by atoms with van der Waals surface area (Å²) in [5, 5.41) is 0.569. The van der Waals surface area contributed by atoms with Gasteiger partial charge in [0.25, 0.3) is 5.56 Å². The Kier molecular flexibility index (Phi) is 1.81. The van der Waals surface area contributed by atoms with Gasteiger partial charge in [-0.15, -0.1) is 0 Å². The summed E-state index contributed by atoms with van der Waals surface area (Å²) >= 11 is 5.95. The number of rotatable bonds is 0. The average molecular weight is 195 g/mol. The molecule has 0 aliphatic rings. The number of pyridine rings is 1. The van der Waals surface area contributed by atoms with Gasteiger partial charge < -0.3 is 4.40 Å². The highest BCUT2D eigenvalue weighted by molar-refractivity contribution is 6.33. The molecule has 3 nitrogen and oxygen atoms in total. The molecule has 2 aromatic heterocycles. The van der Waals surface area contributed by atoms with Crippen LogP contribution in [0.1, 0.15) is 5.56 Å². The monoisotopic (exact) mass is 194 g/mol. The number of nitrogens with zero attached hydrogens (tertiary/aromatic N) is 2. The van der Waals surface area contributed by atoms with Crippen molar-refractivity contribution in [2.24, 2.45) is 0 Å². The molecule has 0 aliphatic carbocycles. The molecule has 0 aromatic carbocycles. The third-order valence-corrected chi connectivity index (χ3v) is 2.25. The second kappa shape index (κ2) is 2.85. The zero-order valence-corrected chi connectivity index (χ0v) is 7.75. The Bertz CT molecular complexity index is 518. The predicted molar refractivity (Wildman–Crippen MR) is 51.2 cm³/mol. The molecular formula is C9H7ClN2O. The summed E-state index contributed by atoms with van der Waals surface area (Å²) in [6.07, 6.45) is 3.28. The van der Waals surface area contributed by atoms with Crippen molar-refractivity contribution in [2.45, 2.75) is 6.92 Å². The molecule has 66 valence electrons. The van der Waals surface area contributed by atoms with Gasteiger partial charge in [0.15, 0.2) is 0 Å². The van der Waals surface area contributed by atoms with E-state index in [2.05, 4.69) is 4.98 Å². The van der Waals surface area contributed by atoms with Gasteiger partial charge in [0, 0.05) is 11.8 Å². The van der Waals surface area contributed by atoms with Crippen LogP contribution in [0.3, 0.4) is 0 Å². The first-order valence-electron chi connectivity index (χ1n) is 3.82. The number of hydrogen-bond acceptors (Lipinski definition) is 2. The SMILES string of the molecule is Cc1c(=O)ncn2cccc(Cl)c12. The van der Waals surface area contributed by atoms with Crippen LogP contribution >= 0.6 is 11.6 Å². The Morgan fingerprint density at radius 1 is 1.54 bits per heavy atom. The normalized spacial score (nSPS) is 10.6. The Balaban J connectivity index is 3.05. The first-order chi connectivity index (χ1) is 6.20. The zero-order chi connectivity index (χ0) is 9.42. The highest BCUT2D eigenvalue weighted by Gasteiger charge is 2.03. The predicted octanol–water partition coefficient (Wildman–Crippen LogP) is 1.66. The molecule has 0 saturated carbocycles. The Morgan fingerprint density at radius 2 is 2.31 bits per heavy atom. The summed E-state index contributed by atoms with van der Waals surface area (Å²) in [6.45, 7) is 1.72. The molecule has 2 aromatic rings. The molecule has 0 radical (unpaired) electrons. The van der Waals surface area contributed by atoms with Crippen LogP contribution < -0.4 is 5.56 Å². The second-order valence-electron chi connectivity index (χ2n) is 2.79. The summed E-state index contributed by atoms with van der Waals surface area (Å²) in [5.74, 6) is 0. The summed E-state index contributed by atoms with van der Waals surface area (Å²) < 4.78 is 1.74. The maximum atomic E-state index is 11.2. The lowest BCUT2D eigenvalue weighted by atomic mass is 10.2. The smallest absolute Gasteiger partial charge is 0.276 e. The van der Waals surface area contributed by atoms with E-state index < -0.39 is 0 Å². The number of aryl methyl sites for hydroxylation is 1. The number of hydrogen-bond donors (Lipinski definition) is 0. The molecule has 0 fully saturated rings. The van der Waals surface area contributed by atoms with Crippen LogP contribution in [-0.4, -0.2) is 9.38 Å². The lowest BCUT2D eigenvalue weighted by Crippen LogP contribution is -2.12. The van der Waals surface area contributed by atoms with Gasteiger partial charge in [0.1, 0.15) is 6.33 Å². The largest absolute Gasteiger partial charge is 0.306 e. The van der Waals surface area contributed by atoms with E-state index in [-0.39, 0.29) is 5.56 Å². The van der Waals surface area contributed by atoms with Gasteiger partial charge in [-0.2, -0.15) is 4.98 Å². The third-order valence-electron chi connectivity index (χ3n) is 1.95. The van der Waals surface area contributed by atoms with E-state index in [9.17, 15) is 4.79 Å². The van der Waals surface area contributed by atoms with Crippen molar-refractivity contribution in [2.75, 3.05) is 0 Å². The van der Waals surface area contributed by atoms with E-state index in [4.69, 9.17) is 11.6 Å². The van der Waals surface area contributed by atoms with Crippen LogP contribution in [0.25, 0.3) is 5.52 Å². The molecule has 0 aliphatic heterocycles. The average Bonchev–Trinajstić information content (AvgIpc) is 2.12. The van der Waals surface area contributed by atoms with Crippen molar-refractivity contribution in [3.05, 3.63) is 45.6 Å². The zero-order valence-electron chi connectivity index (χ0n) is 6.99. The maximum absolute atomic E-state index is 11.2. The number of halogens is 1. The third kappa shape index (κ3) is 1.21. The minimum atomic E-state index is -0.229. The summed E-state index contributed by atoms with van der Waals surface area (Å²) in [6, 6.07) is 3.56. The van der Waals surface area contributed by atoms with Crippen LogP contribution in [0.5, 0.6) is 0 Å². The maximum Gasteiger partial charge on any atom is 0.276 e. The fraction of sp³-hybridized carbons (Fsp3) is 0.111. The summed E-state index contributed by atoms with van der Waals surface area (Å²) in [7, 11) is 0. The van der Waals surface area contributed by atoms with Gasteiger partial charge in [0.2, 0.25) is 0 Å². The van der Waals surface area contributed by atoms with E-state index in [1.807, 2.05) is 0 Å². The lowest BCUT2D eigenvalue weighted by molar-refractivity contribution is 1.02. The second-order valence-corrected chi connectivity index (χ2v) is 3.19. The van der Waals surface area contributed by atoms with Crippen molar-refractivity contribution in [1.29, 1.82) is 0 Å². The van der Waals surface area contributed by atoms with E-state index in [0.29, 0.717) is 10.6 Å². The lowest BCUT2D eigenvalue weighted by Gasteiger charge is -2.03. The highest BCUT2D eigenvalue weighted by Crippen LogP contribution is 2.16. The van der Waals surface area contributed by atoms with E-state index >= 15 is 0 Å². The number of fused-ring (bicyclic) bond motifs is 1. The Hall–Kier alpha value is -1.35. The molecule has 0 bridgehead atoms. The van der Waals surface area contributed by atoms with Crippen molar-refractivity contribution < 1.29 is 0 Å².